The van der Waals surface area contributed by atoms with Crippen LogP contribution in [0.2, 0.25) is 5.02 Å². The van der Waals surface area contributed by atoms with Crippen LogP contribution in [0.4, 0.5) is 15.9 Å². The van der Waals surface area contributed by atoms with Crippen LogP contribution in [0, 0.1) is 11.7 Å². The van der Waals surface area contributed by atoms with Gasteiger partial charge in [-0.2, -0.15) is 0 Å². The summed E-state index contributed by atoms with van der Waals surface area (Å²) in [6.07, 6.45) is 9.83. The molecule has 2 aromatic rings. The topological polar surface area (TPSA) is 46.2 Å². The Morgan fingerprint density at radius 3 is 2.62 bits per heavy atom. The Kier molecular flexibility index (Phi) is 6.88. The van der Waals surface area contributed by atoms with Gasteiger partial charge < -0.3 is 15.4 Å². The van der Waals surface area contributed by atoms with Gasteiger partial charge in [0.25, 0.3) is 0 Å². The number of ether oxygens (including phenoxy) is 1. The lowest BCUT2D eigenvalue weighted by atomic mass is 9.95. The zero-order valence-corrected chi connectivity index (χ0v) is 17.5. The van der Waals surface area contributed by atoms with Crippen molar-refractivity contribution in [3.63, 3.8) is 0 Å². The number of rotatable bonds is 6. The van der Waals surface area contributed by atoms with Crippen molar-refractivity contribution in [1.82, 2.24) is 4.98 Å². The second-order valence-electron chi connectivity index (χ2n) is 8.16. The number of nitrogens with zero attached hydrogens (tertiary/aromatic N) is 1. The van der Waals surface area contributed by atoms with Crippen molar-refractivity contribution in [3.05, 3.63) is 41.3 Å². The van der Waals surface area contributed by atoms with Gasteiger partial charge in [0, 0.05) is 48.8 Å². The number of pyridine rings is 1. The van der Waals surface area contributed by atoms with Crippen LogP contribution in [0.3, 0.4) is 0 Å². The molecular weight excluding hydrogens is 389 g/mol. The first-order chi connectivity index (χ1) is 14.2. The lowest BCUT2D eigenvalue weighted by Gasteiger charge is -2.24. The molecule has 1 aliphatic heterocycles. The van der Waals surface area contributed by atoms with Crippen molar-refractivity contribution in [3.8, 4) is 11.1 Å². The summed E-state index contributed by atoms with van der Waals surface area (Å²) in [6, 6.07) is 7.45. The van der Waals surface area contributed by atoms with Crippen LogP contribution >= 0.6 is 11.6 Å². The number of halogens is 2. The minimum absolute atomic E-state index is 0.279. The summed E-state index contributed by atoms with van der Waals surface area (Å²) >= 11 is 6.41. The number of nitrogens with one attached hydrogen (secondary N) is 2. The summed E-state index contributed by atoms with van der Waals surface area (Å²) in [4.78, 5) is 4.42. The van der Waals surface area contributed by atoms with Gasteiger partial charge in [-0.15, -0.1) is 0 Å². The highest BCUT2D eigenvalue weighted by molar-refractivity contribution is 6.33. The van der Waals surface area contributed by atoms with Gasteiger partial charge in [-0.1, -0.05) is 30.9 Å². The first-order valence-corrected chi connectivity index (χ1v) is 11.1. The lowest BCUT2D eigenvalue weighted by Crippen LogP contribution is -2.22. The Hall–Kier alpha value is -1.85. The zero-order chi connectivity index (χ0) is 20.1. The molecule has 1 aliphatic carbocycles. The highest BCUT2D eigenvalue weighted by Crippen LogP contribution is 2.34. The number of hydrogen-bond acceptors (Lipinski definition) is 4. The first kappa shape index (κ1) is 20.4. The number of benzene rings is 1. The molecule has 1 saturated carbocycles. The van der Waals surface area contributed by atoms with Gasteiger partial charge in [-0.25, -0.2) is 9.37 Å². The molecule has 0 spiro atoms. The zero-order valence-electron chi connectivity index (χ0n) is 16.7. The molecule has 1 saturated heterocycles. The molecular formula is C23H29ClFN3O. The van der Waals surface area contributed by atoms with E-state index in [0.717, 1.165) is 56.9 Å². The van der Waals surface area contributed by atoms with Crippen molar-refractivity contribution in [2.24, 2.45) is 5.92 Å². The molecule has 4 nitrogen and oxygen atoms in total. The normalized spacial score (nSPS) is 18.6. The minimum Gasteiger partial charge on any atom is -0.385 e. The van der Waals surface area contributed by atoms with E-state index in [4.69, 9.17) is 16.3 Å². The quantitative estimate of drug-likeness (QED) is 0.594. The minimum atomic E-state index is -0.279. The molecule has 156 valence electrons. The molecule has 1 aromatic carbocycles. The van der Waals surface area contributed by atoms with Crippen LogP contribution in [0.5, 0.6) is 0 Å². The van der Waals surface area contributed by atoms with E-state index in [1.54, 1.807) is 12.3 Å². The molecule has 0 bridgehead atoms. The Morgan fingerprint density at radius 1 is 1.03 bits per heavy atom. The fourth-order valence-corrected chi connectivity index (χ4v) is 4.44. The van der Waals surface area contributed by atoms with E-state index >= 15 is 0 Å². The summed E-state index contributed by atoms with van der Waals surface area (Å²) in [7, 11) is 0. The van der Waals surface area contributed by atoms with Crippen LogP contribution in [0.25, 0.3) is 11.1 Å². The fourth-order valence-electron chi connectivity index (χ4n) is 4.23. The van der Waals surface area contributed by atoms with E-state index in [1.165, 1.54) is 25.3 Å². The largest absolute Gasteiger partial charge is 0.385 e. The van der Waals surface area contributed by atoms with Crippen LogP contribution in [-0.2, 0) is 4.74 Å². The average molecular weight is 418 g/mol. The average Bonchev–Trinajstić information content (AvgIpc) is 2.76. The van der Waals surface area contributed by atoms with Crippen molar-refractivity contribution in [2.45, 2.75) is 51.0 Å². The Morgan fingerprint density at radius 2 is 1.83 bits per heavy atom. The highest BCUT2D eigenvalue weighted by Gasteiger charge is 2.17. The third-order valence-electron chi connectivity index (χ3n) is 6.00. The van der Waals surface area contributed by atoms with Crippen molar-refractivity contribution >= 4 is 23.1 Å². The van der Waals surface area contributed by atoms with Crippen molar-refractivity contribution in [1.29, 1.82) is 0 Å². The molecule has 2 fully saturated rings. The molecule has 0 atom stereocenters. The summed E-state index contributed by atoms with van der Waals surface area (Å²) < 4.78 is 20.1. The second kappa shape index (κ2) is 9.77. The van der Waals surface area contributed by atoms with Gasteiger partial charge >= 0.3 is 0 Å². The third-order valence-corrected chi connectivity index (χ3v) is 6.31. The predicted octanol–water partition coefficient (Wildman–Crippen LogP) is 6.12. The molecule has 2 N–H and O–H groups in total. The number of aromatic nitrogens is 1. The Labute approximate surface area is 177 Å². The van der Waals surface area contributed by atoms with E-state index in [0.29, 0.717) is 28.1 Å². The summed E-state index contributed by atoms with van der Waals surface area (Å²) in [5.74, 6) is 1.07. The molecule has 29 heavy (non-hydrogen) atoms. The molecule has 0 radical (unpaired) electrons. The monoisotopic (exact) mass is 417 g/mol. The third kappa shape index (κ3) is 5.40. The van der Waals surface area contributed by atoms with E-state index in [1.807, 2.05) is 12.1 Å². The summed E-state index contributed by atoms with van der Waals surface area (Å²) in [6.45, 7) is 2.52. The van der Waals surface area contributed by atoms with Gasteiger partial charge in [-0.05, 0) is 55.9 Å². The van der Waals surface area contributed by atoms with Crippen molar-refractivity contribution in [2.75, 3.05) is 30.4 Å². The first-order valence-electron chi connectivity index (χ1n) is 10.7. The molecule has 2 heterocycles. The molecule has 0 unspecified atom stereocenters. The molecule has 6 heteroatoms. The fraction of sp³-hybridized carbons (Fsp3) is 0.522. The molecule has 2 aliphatic rings. The second-order valence-corrected chi connectivity index (χ2v) is 8.57. The Bertz CT molecular complexity index is 820. The molecule has 1 aromatic heterocycles. The van der Waals surface area contributed by atoms with Crippen molar-refractivity contribution < 1.29 is 9.13 Å². The Balaban J connectivity index is 1.50. The van der Waals surface area contributed by atoms with E-state index in [-0.39, 0.29) is 5.82 Å². The number of anilines is 2. The van der Waals surface area contributed by atoms with E-state index < -0.39 is 0 Å². The van der Waals surface area contributed by atoms with Gasteiger partial charge in [0.15, 0.2) is 0 Å². The van der Waals surface area contributed by atoms with Gasteiger partial charge in [0.2, 0.25) is 0 Å². The summed E-state index contributed by atoms with van der Waals surface area (Å²) in [5.41, 5.74) is 2.08. The highest BCUT2D eigenvalue weighted by atomic mass is 35.5. The van der Waals surface area contributed by atoms with Crippen LogP contribution in [0.1, 0.15) is 44.9 Å². The summed E-state index contributed by atoms with van der Waals surface area (Å²) in [5, 5.41) is 7.41. The molecule has 4 rings (SSSR count). The van der Waals surface area contributed by atoms with Gasteiger partial charge in [-0.3, -0.25) is 0 Å². The number of hydrogen-bond donors (Lipinski definition) is 2. The SMILES string of the molecule is Fc1ccc(NCC2CCOCC2)cc1-c1cc(NC2CCCCC2)ncc1Cl. The van der Waals surface area contributed by atoms with Crippen LogP contribution in [0.15, 0.2) is 30.5 Å². The van der Waals surface area contributed by atoms with Crippen LogP contribution < -0.4 is 10.6 Å². The van der Waals surface area contributed by atoms with Gasteiger partial charge in [0.1, 0.15) is 11.6 Å². The molecule has 0 amide bonds. The smallest absolute Gasteiger partial charge is 0.131 e. The maximum absolute atomic E-state index is 14.7. The lowest BCUT2D eigenvalue weighted by molar-refractivity contribution is 0.0699. The maximum Gasteiger partial charge on any atom is 0.131 e. The predicted molar refractivity (Wildman–Crippen MR) is 117 cm³/mol. The van der Waals surface area contributed by atoms with E-state index in [9.17, 15) is 4.39 Å². The standard InChI is InChI=1S/C23H29ClFN3O/c24-21-15-27-23(28-17-4-2-1-3-5-17)13-19(21)20-12-18(6-7-22(20)25)26-14-16-8-10-29-11-9-16/h6-7,12-13,15-17,26H,1-5,8-11,14H2,(H,27,28). The van der Waals surface area contributed by atoms with E-state index in [2.05, 4.69) is 15.6 Å². The maximum atomic E-state index is 14.7. The van der Waals surface area contributed by atoms with Crippen LogP contribution in [-0.4, -0.2) is 30.8 Å². The van der Waals surface area contributed by atoms with Gasteiger partial charge in [0.05, 0.1) is 5.02 Å².